The highest BCUT2D eigenvalue weighted by Crippen LogP contribution is 2.28. The van der Waals surface area contributed by atoms with Crippen LogP contribution in [0.15, 0.2) is 24.7 Å². The van der Waals surface area contributed by atoms with E-state index in [9.17, 15) is 4.79 Å². The summed E-state index contributed by atoms with van der Waals surface area (Å²) < 4.78 is 7.23. The fourth-order valence-corrected chi connectivity index (χ4v) is 2.80. The number of aromatic nitrogens is 3. The third kappa shape index (κ3) is 3.21. The van der Waals surface area contributed by atoms with E-state index in [1.807, 2.05) is 33.0 Å². The third-order valence-corrected chi connectivity index (χ3v) is 3.92. The first-order valence-electron chi connectivity index (χ1n) is 7.69. The fraction of sp³-hybridized carbons (Fsp3) is 0.562. The normalized spacial score (nSPS) is 17.0. The molecule has 118 valence electrons. The lowest BCUT2D eigenvalue weighted by Crippen LogP contribution is -2.41. The molecular weight excluding hydrogens is 280 g/mol. The predicted molar refractivity (Wildman–Crippen MR) is 82.8 cm³/mol. The van der Waals surface area contributed by atoms with Crippen LogP contribution >= 0.6 is 0 Å². The average molecular weight is 302 g/mol. The minimum Gasteiger partial charge on any atom is -0.444 e. The monoisotopic (exact) mass is 302 g/mol. The number of piperidine rings is 1. The van der Waals surface area contributed by atoms with Gasteiger partial charge in [0, 0.05) is 19.3 Å². The molecule has 0 aromatic carbocycles. The minimum absolute atomic E-state index is 0.210. The van der Waals surface area contributed by atoms with Gasteiger partial charge in [0.15, 0.2) is 5.65 Å². The van der Waals surface area contributed by atoms with E-state index in [2.05, 4.69) is 16.1 Å². The van der Waals surface area contributed by atoms with Gasteiger partial charge in [-0.05, 0) is 51.2 Å². The Hall–Kier alpha value is -2.11. The molecule has 2 aromatic rings. The smallest absolute Gasteiger partial charge is 0.410 e. The first-order valence-corrected chi connectivity index (χ1v) is 7.69. The Morgan fingerprint density at radius 1 is 1.27 bits per heavy atom. The van der Waals surface area contributed by atoms with Crippen molar-refractivity contribution in [2.24, 2.45) is 0 Å². The summed E-state index contributed by atoms with van der Waals surface area (Å²) in [5, 5.41) is 4.18. The number of amides is 1. The molecule has 3 heterocycles. The van der Waals surface area contributed by atoms with Gasteiger partial charge >= 0.3 is 6.09 Å². The van der Waals surface area contributed by atoms with Crippen LogP contribution in [0.3, 0.4) is 0 Å². The SMILES string of the molecule is CC(C)(C)OC(=O)N1CCC(c2ccc3ncnn3c2)CC1. The van der Waals surface area contributed by atoms with Crippen molar-refractivity contribution in [3.05, 3.63) is 30.2 Å². The number of ether oxygens (including phenoxy) is 1. The largest absolute Gasteiger partial charge is 0.444 e. The van der Waals surface area contributed by atoms with Crippen molar-refractivity contribution in [2.45, 2.75) is 45.1 Å². The second-order valence-corrected chi connectivity index (χ2v) is 6.77. The highest BCUT2D eigenvalue weighted by Gasteiger charge is 2.27. The molecule has 0 N–H and O–H groups in total. The lowest BCUT2D eigenvalue weighted by atomic mass is 9.91. The van der Waals surface area contributed by atoms with Crippen molar-refractivity contribution in [3.63, 3.8) is 0 Å². The van der Waals surface area contributed by atoms with Crippen LogP contribution in [0, 0.1) is 0 Å². The summed E-state index contributed by atoms with van der Waals surface area (Å²) in [5.41, 5.74) is 1.67. The van der Waals surface area contributed by atoms with Crippen molar-refractivity contribution < 1.29 is 9.53 Å². The Labute approximate surface area is 130 Å². The number of rotatable bonds is 1. The van der Waals surface area contributed by atoms with Crippen LogP contribution < -0.4 is 0 Å². The summed E-state index contributed by atoms with van der Waals surface area (Å²) in [6.45, 7) is 7.14. The second kappa shape index (κ2) is 5.59. The van der Waals surface area contributed by atoms with Gasteiger partial charge in [-0.15, -0.1) is 0 Å². The number of nitrogens with zero attached hydrogens (tertiary/aromatic N) is 4. The van der Waals surface area contributed by atoms with Crippen LogP contribution in [0.5, 0.6) is 0 Å². The van der Waals surface area contributed by atoms with E-state index in [0.717, 1.165) is 31.6 Å². The standard InChI is InChI=1S/C16H22N4O2/c1-16(2,3)22-15(21)19-8-6-12(7-9-19)13-4-5-14-17-11-18-20(14)10-13/h4-5,10-12H,6-9H2,1-3H3. The molecular formula is C16H22N4O2. The number of fused-ring (bicyclic) bond motifs is 1. The molecule has 1 aliphatic rings. The summed E-state index contributed by atoms with van der Waals surface area (Å²) >= 11 is 0. The Morgan fingerprint density at radius 2 is 2.00 bits per heavy atom. The average Bonchev–Trinajstić information content (AvgIpc) is 2.93. The highest BCUT2D eigenvalue weighted by atomic mass is 16.6. The second-order valence-electron chi connectivity index (χ2n) is 6.77. The van der Waals surface area contributed by atoms with Crippen molar-refractivity contribution in [3.8, 4) is 0 Å². The van der Waals surface area contributed by atoms with Gasteiger partial charge in [-0.2, -0.15) is 5.10 Å². The maximum Gasteiger partial charge on any atom is 0.410 e. The Morgan fingerprint density at radius 3 is 2.68 bits per heavy atom. The number of hydrogen-bond acceptors (Lipinski definition) is 4. The van der Waals surface area contributed by atoms with Gasteiger partial charge in [-0.25, -0.2) is 14.3 Å². The maximum atomic E-state index is 12.1. The molecule has 0 unspecified atom stereocenters. The molecule has 6 heteroatoms. The van der Waals surface area contributed by atoms with Crippen LogP contribution in [0.4, 0.5) is 4.79 Å². The van der Waals surface area contributed by atoms with Crippen LogP contribution in [-0.4, -0.2) is 44.3 Å². The minimum atomic E-state index is -0.438. The molecule has 0 radical (unpaired) electrons. The van der Waals surface area contributed by atoms with Crippen LogP contribution in [0.25, 0.3) is 5.65 Å². The summed E-state index contributed by atoms with van der Waals surface area (Å²) in [6, 6.07) is 4.10. The summed E-state index contributed by atoms with van der Waals surface area (Å²) in [5.74, 6) is 0.451. The Balaban J connectivity index is 1.62. The summed E-state index contributed by atoms with van der Waals surface area (Å²) in [6.07, 6.45) is 5.27. The van der Waals surface area contributed by atoms with Crippen LogP contribution in [-0.2, 0) is 4.74 Å². The molecule has 1 amide bonds. The van der Waals surface area contributed by atoms with Gasteiger partial charge in [0.1, 0.15) is 11.9 Å². The van der Waals surface area contributed by atoms with Crippen molar-refractivity contribution in [1.82, 2.24) is 19.5 Å². The van der Waals surface area contributed by atoms with E-state index in [0.29, 0.717) is 5.92 Å². The van der Waals surface area contributed by atoms with Crippen LogP contribution in [0.1, 0.15) is 45.1 Å². The first kappa shape index (κ1) is 14.8. The van der Waals surface area contributed by atoms with E-state index in [1.165, 1.54) is 5.56 Å². The Kier molecular flexibility index (Phi) is 3.76. The van der Waals surface area contributed by atoms with E-state index < -0.39 is 5.60 Å². The van der Waals surface area contributed by atoms with Gasteiger partial charge in [0.05, 0.1) is 0 Å². The molecule has 0 aliphatic carbocycles. The predicted octanol–water partition coefficient (Wildman–Crippen LogP) is 2.84. The molecule has 22 heavy (non-hydrogen) atoms. The topological polar surface area (TPSA) is 59.7 Å². The lowest BCUT2D eigenvalue weighted by Gasteiger charge is -2.33. The highest BCUT2D eigenvalue weighted by molar-refractivity contribution is 5.68. The number of carbonyl (C=O) groups excluding carboxylic acids is 1. The van der Waals surface area contributed by atoms with Gasteiger partial charge in [0.2, 0.25) is 0 Å². The van der Waals surface area contributed by atoms with Gasteiger partial charge in [-0.1, -0.05) is 6.07 Å². The molecule has 1 aliphatic heterocycles. The van der Waals surface area contributed by atoms with Crippen molar-refractivity contribution in [1.29, 1.82) is 0 Å². The summed E-state index contributed by atoms with van der Waals surface area (Å²) in [7, 11) is 0. The van der Waals surface area contributed by atoms with E-state index in [4.69, 9.17) is 4.74 Å². The molecule has 1 fully saturated rings. The van der Waals surface area contributed by atoms with Crippen LogP contribution in [0.2, 0.25) is 0 Å². The summed E-state index contributed by atoms with van der Waals surface area (Å²) in [4.78, 5) is 18.0. The number of hydrogen-bond donors (Lipinski definition) is 0. The number of likely N-dealkylation sites (tertiary alicyclic amines) is 1. The molecule has 0 saturated carbocycles. The van der Waals surface area contributed by atoms with Crippen molar-refractivity contribution in [2.75, 3.05) is 13.1 Å². The van der Waals surface area contributed by atoms with E-state index in [-0.39, 0.29) is 6.09 Å². The number of carbonyl (C=O) groups is 1. The molecule has 3 rings (SSSR count). The lowest BCUT2D eigenvalue weighted by molar-refractivity contribution is 0.0205. The Bertz CT molecular complexity index is 666. The molecule has 0 bridgehead atoms. The molecule has 2 aromatic heterocycles. The molecule has 0 atom stereocenters. The zero-order chi connectivity index (χ0) is 15.7. The van der Waals surface area contributed by atoms with Crippen molar-refractivity contribution >= 4 is 11.7 Å². The van der Waals surface area contributed by atoms with E-state index >= 15 is 0 Å². The van der Waals surface area contributed by atoms with Gasteiger partial charge < -0.3 is 9.64 Å². The third-order valence-electron chi connectivity index (χ3n) is 3.92. The first-order chi connectivity index (χ1) is 10.4. The number of pyridine rings is 1. The van der Waals surface area contributed by atoms with Gasteiger partial charge in [0.25, 0.3) is 0 Å². The van der Waals surface area contributed by atoms with Gasteiger partial charge in [-0.3, -0.25) is 0 Å². The zero-order valence-electron chi connectivity index (χ0n) is 13.3. The van der Waals surface area contributed by atoms with E-state index in [1.54, 1.807) is 15.7 Å². The molecule has 0 spiro atoms. The maximum absolute atomic E-state index is 12.1. The zero-order valence-corrected chi connectivity index (χ0v) is 13.3. The quantitative estimate of drug-likeness (QED) is 0.812. The molecule has 1 saturated heterocycles. The fourth-order valence-electron chi connectivity index (χ4n) is 2.80. The molecule has 6 nitrogen and oxygen atoms in total.